The maximum Gasteiger partial charge on any atom is 0.418 e. The van der Waals surface area contributed by atoms with Crippen LogP contribution in [0.4, 0.5) is 4.79 Å². The number of piperidine rings is 1. The van der Waals surface area contributed by atoms with Crippen LogP contribution < -0.4 is 11.1 Å². The van der Waals surface area contributed by atoms with Crippen LogP contribution in [0.3, 0.4) is 0 Å². The standard InChI is InChI=1S/C14H22N4O7S/c15-10-3-1-2-9(10)12(19)6-16-13(20)11-5-4-8-7-17(11)14(21)18(8)25-26(22,23)24/h8-11H,1-7,15H2,(H,16,20)(H,22,23,24)/t8-,9-,10-,11+/m1/s1. The predicted octanol–water partition coefficient (Wildman–Crippen LogP) is -1.20. The van der Waals surface area contributed by atoms with Gasteiger partial charge < -0.3 is 16.0 Å². The lowest BCUT2D eigenvalue weighted by molar-refractivity contribution is -0.129. The van der Waals surface area contributed by atoms with Gasteiger partial charge in [-0.25, -0.2) is 4.79 Å². The lowest BCUT2D eigenvalue weighted by Gasteiger charge is -2.29. The first-order valence-corrected chi connectivity index (χ1v) is 9.86. The van der Waals surface area contributed by atoms with Crippen molar-refractivity contribution >= 4 is 28.1 Å². The molecule has 1 saturated carbocycles. The molecule has 4 N–H and O–H groups in total. The summed E-state index contributed by atoms with van der Waals surface area (Å²) in [4.78, 5) is 38.0. The topological polar surface area (TPSA) is 159 Å². The molecule has 0 unspecified atom stereocenters. The molecule has 4 atom stereocenters. The first kappa shape index (κ1) is 19.0. The number of urea groups is 1. The Morgan fingerprint density at radius 2 is 2.00 bits per heavy atom. The van der Waals surface area contributed by atoms with Gasteiger partial charge >= 0.3 is 16.4 Å². The molecule has 12 heteroatoms. The first-order chi connectivity index (χ1) is 12.2. The summed E-state index contributed by atoms with van der Waals surface area (Å²) in [6.07, 6.45) is 3.02. The van der Waals surface area contributed by atoms with Crippen molar-refractivity contribution in [2.24, 2.45) is 11.7 Å². The second kappa shape index (κ2) is 7.10. The minimum absolute atomic E-state index is 0.105. The second-order valence-corrected chi connectivity index (χ2v) is 7.90. The van der Waals surface area contributed by atoms with Crippen molar-refractivity contribution in [1.29, 1.82) is 0 Å². The number of nitrogens with zero attached hydrogens (tertiary/aromatic N) is 2. The number of rotatable bonds is 6. The minimum atomic E-state index is -4.83. The molecule has 2 saturated heterocycles. The summed E-state index contributed by atoms with van der Waals surface area (Å²) >= 11 is 0. The highest BCUT2D eigenvalue weighted by Gasteiger charge is 2.49. The van der Waals surface area contributed by atoms with Gasteiger partial charge in [0.25, 0.3) is 0 Å². The Hall–Kier alpha value is -1.76. The van der Waals surface area contributed by atoms with E-state index in [1.54, 1.807) is 0 Å². The van der Waals surface area contributed by atoms with E-state index in [9.17, 15) is 22.8 Å². The molecule has 0 aromatic rings. The van der Waals surface area contributed by atoms with Gasteiger partial charge in [-0.2, -0.15) is 13.5 Å². The summed E-state index contributed by atoms with van der Waals surface area (Å²) in [6, 6.07) is -2.37. The van der Waals surface area contributed by atoms with Gasteiger partial charge in [-0.15, -0.1) is 4.28 Å². The van der Waals surface area contributed by atoms with Crippen LogP contribution in [-0.2, 0) is 24.3 Å². The highest BCUT2D eigenvalue weighted by Crippen LogP contribution is 2.30. The van der Waals surface area contributed by atoms with Gasteiger partial charge in [-0.05, 0) is 25.7 Å². The van der Waals surface area contributed by atoms with E-state index in [-0.39, 0.29) is 30.8 Å². The summed E-state index contributed by atoms with van der Waals surface area (Å²) in [5, 5.41) is 3.13. The van der Waals surface area contributed by atoms with Crippen LogP contribution in [0.5, 0.6) is 0 Å². The number of carbonyl (C=O) groups excluding carboxylic acids is 3. The predicted molar refractivity (Wildman–Crippen MR) is 86.7 cm³/mol. The molecule has 2 heterocycles. The van der Waals surface area contributed by atoms with E-state index < -0.39 is 34.4 Å². The second-order valence-electron chi connectivity index (χ2n) is 6.90. The van der Waals surface area contributed by atoms with E-state index in [4.69, 9.17) is 10.3 Å². The molecular weight excluding hydrogens is 368 g/mol. The quantitative estimate of drug-likeness (QED) is 0.477. The summed E-state index contributed by atoms with van der Waals surface area (Å²) in [5.74, 6) is -0.857. The maximum absolute atomic E-state index is 12.4. The molecule has 0 radical (unpaired) electrons. The van der Waals surface area contributed by atoms with Crippen molar-refractivity contribution in [3.8, 4) is 0 Å². The monoisotopic (exact) mass is 390 g/mol. The number of amides is 3. The van der Waals surface area contributed by atoms with Crippen molar-refractivity contribution in [2.45, 2.75) is 50.2 Å². The zero-order valence-corrected chi connectivity index (χ0v) is 14.9. The van der Waals surface area contributed by atoms with E-state index in [2.05, 4.69) is 9.60 Å². The third-order valence-electron chi connectivity index (χ3n) is 5.22. The van der Waals surface area contributed by atoms with Crippen LogP contribution in [0.1, 0.15) is 32.1 Å². The molecule has 1 aliphatic carbocycles. The Kier molecular flexibility index (Phi) is 5.19. The Bertz CT molecular complexity index is 712. The molecule has 146 valence electrons. The average Bonchev–Trinajstić information content (AvgIpc) is 3.09. The summed E-state index contributed by atoms with van der Waals surface area (Å²) in [7, 11) is -4.83. The Labute approximate surface area is 150 Å². The Balaban J connectivity index is 1.57. The summed E-state index contributed by atoms with van der Waals surface area (Å²) < 4.78 is 34.8. The third-order valence-corrected chi connectivity index (χ3v) is 5.57. The summed E-state index contributed by atoms with van der Waals surface area (Å²) in [6.45, 7) is -0.0434. The third kappa shape index (κ3) is 3.82. The molecule has 3 amide bonds. The fraction of sp³-hybridized carbons (Fsp3) is 0.786. The molecule has 0 aromatic carbocycles. The number of hydroxylamine groups is 2. The van der Waals surface area contributed by atoms with Crippen LogP contribution in [0.2, 0.25) is 0 Å². The van der Waals surface area contributed by atoms with Gasteiger partial charge in [0, 0.05) is 18.5 Å². The van der Waals surface area contributed by atoms with Crippen LogP contribution >= 0.6 is 0 Å². The summed E-state index contributed by atoms with van der Waals surface area (Å²) in [5.41, 5.74) is 5.89. The van der Waals surface area contributed by atoms with E-state index >= 15 is 0 Å². The first-order valence-electron chi connectivity index (χ1n) is 8.50. The number of nitrogens with one attached hydrogen (secondary N) is 1. The number of hydrogen-bond donors (Lipinski definition) is 3. The zero-order valence-electron chi connectivity index (χ0n) is 14.0. The van der Waals surface area contributed by atoms with Crippen LogP contribution in [0.15, 0.2) is 0 Å². The SMILES string of the molecule is N[C@@H]1CCC[C@H]1C(=O)CNC(=O)[C@@H]1CC[C@@H]2CN1C(=O)N2OS(=O)(=O)O. The van der Waals surface area contributed by atoms with Crippen molar-refractivity contribution in [3.63, 3.8) is 0 Å². The van der Waals surface area contributed by atoms with Gasteiger partial charge in [0.2, 0.25) is 5.91 Å². The van der Waals surface area contributed by atoms with Crippen molar-refractivity contribution < 1.29 is 31.6 Å². The molecule has 3 aliphatic rings. The van der Waals surface area contributed by atoms with E-state index in [0.29, 0.717) is 24.3 Å². The molecular formula is C14H22N4O7S. The van der Waals surface area contributed by atoms with Crippen LogP contribution in [0, 0.1) is 5.92 Å². The molecule has 11 nitrogen and oxygen atoms in total. The fourth-order valence-electron chi connectivity index (χ4n) is 3.92. The lowest BCUT2D eigenvalue weighted by Crippen LogP contribution is -2.51. The Morgan fingerprint density at radius 1 is 1.27 bits per heavy atom. The molecule has 0 spiro atoms. The lowest BCUT2D eigenvalue weighted by atomic mass is 9.98. The van der Waals surface area contributed by atoms with Crippen LogP contribution in [-0.4, -0.2) is 71.9 Å². The number of fused-ring (bicyclic) bond motifs is 2. The maximum atomic E-state index is 12.4. The molecule has 0 aromatic heterocycles. The minimum Gasteiger partial charge on any atom is -0.347 e. The average molecular weight is 390 g/mol. The van der Waals surface area contributed by atoms with E-state index in [1.807, 2.05) is 0 Å². The number of ketones is 1. The largest absolute Gasteiger partial charge is 0.418 e. The zero-order chi connectivity index (χ0) is 19.1. The van der Waals surface area contributed by atoms with Crippen molar-refractivity contribution in [3.05, 3.63) is 0 Å². The van der Waals surface area contributed by atoms with Gasteiger partial charge in [0.15, 0.2) is 5.78 Å². The molecule has 3 rings (SSSR count). The molecule has 2 aliphatic heterocycles. The van der Waals surface area contributed by atoms with Gasteiger partial charge in [0.05, 0.1) is 12.6 Å². The van der Waals surface area contributed by atoms with Gasteiger partial charge in [0.1, 0.15) is 6.04 Å². The molecule has 3 fully saturated rings. The fourth-order valence-corrected chi connectivity index (χ4v) is 4.30. The number of carbonyl (C=O) groups is 3. The molecule has 26 heavy (non-hydrogen) atoms. The number of Topliss-reactive ketones (excluding diaryl/α,β-unsaturated/α-hetero) is 1. The van der Waals surface area contributed by atoms with E-state index in [1.165, 1.54) is 4.90 Å². The van der Waals surface area contributed by atoms with Crippen molar-refractivity contribution in [2.75, 3.05) is 13.1 Å². The van der Waals surface area contributed by atoms with Crippen LogP contribution in [0.25, 0.3) is 0 Å². The Morgan fingerprint density at radius 3 is 2.62 bits per heavy atom. The highest BCUT2D eigenvalue weighted by atomic mass is 32.3. The number of hydrogen-bond acceptors (Lipinski definition) is 7. The normalized spacial score (nSPS) is 31.4. The smallest absolute Gasteiger partial charge is 0.347 e. The number of nitrogens with two attached hydrogens (primary N) is 1. The highest BCUT2D eigenvalue weighted by molar-refractivity contribution is 7.80. The van der Waals surface area contributed by atoms with E-state index in [0.717, 1.165) is 12.8 Å². The van der Waals surface area contributed by atoms with Gasteiger partial charge in [-0.3, -0.25) is 14.1 Å². The van der Waals surface area contributed by atoms with Crippen molar-refractivity contribution in [1.82, 2.24) is 15.3 Å². The molecule has 2 bridgehead atoms. The van der Waals surface area contributed by atoms with Gasteiger partial charge in [-0.1, -0.05) is 6.42 Å².